The maximum atomic E-state index is 10.8. The van der Waals surface area contributed by atoms with E-state index >= 15 is 0 Å². The summed E-state index contributed by atoms with van der Waals surface area (Å²) in [5, 5.41) is 0. The number of rotatable bonds is 1. The van der Waals surface area contributed by atoms with Crippen molar-refractivity contribution in [2.24, 2.45) is 0 Å². The van der Waals surface area contributed by atoms with E-state index in [0.717, 1.165) is 17.7 Å². The van der Waals surface area contributed by atoms with Crippen molar-refractivity contribution in [2.75, 3.05) is 6.26 Å². The van der Waals surface area contributed by atoms with Gasteiger partial charge in [0.15, 0.2) is 0 Å². The van der Waals surface area contributed by atoms with E-state index in [1.807, 2.05) is 0 Å². The van der Waals surface area contributed by atoms with Crippen molar-refractivity contribution in [1.82, 2.24) is 0 Å². The Morgan fingerprint density at radius 3 is 2.67 bits per heavy atom. The fraction of sp³-hybridized carbons (Fsp3) is 0.714. The van der Waals surface area contributed by atoms with Crippen LogP contribution < -0.4 is 0 Å². The van der Waals surface area contributed by atoms with Crippen LogP contribution in [-0.4, -0.2) is 10.5 Å². The van der Waals surface area contributed by atoms with E-state index in [-0.39, 0.29) is 0 Å². The second kappa shape index (κ2) is 3.16. The lowest BCUT2D eigenvalue weighted by Crippen LogP contribution is -1.96. The molecule has 1 aliphatic carbocycles. The van der Waals surface area contributed by atoms with Gasteiger partial charge in [-0.15, -0.1) is 0 Å². The Kier molecular flexibility index (Phi) is 2.46. The van der Waals surface area contributed by atoms with Crippen LogP contribution in [0, 0.1) is 0 Å². The average Bonchev–Trinajstić information content (AvgIpc) is 1.90. The quantitative estimate of drug-likeness (QED) is 0.548. The molecule has 1 unspecified atom stereocenters. The minimum atomic E-state index is -0.691. The first-order valence-corrected chi connectivity index (χ1v) is 4.89. The summed E-state index contributed by atoms with van der Waals surface area (Å²) in [6, 6.07) is 0. The topological polar surface area (TPSA) is 17.1 Å². The van der Waals surface area contributed by atoms with Crippen molar-refractivity contribution in [3.8, 4) is 0 Å². The molecule has 0 N–H and O–H groups in total. The van der Waals surface area contributed by atoms with Gasteiger partial charge in [-0.25, -0.2) is 0 Å². The Balaban J connectivity index is 2.57. The molecule has 0 heterocycles. The molecule has 0 saturated carbocycles. The summed E-state index contributed by atoms with van der Waals surface area (Å²) in [6.07, 6.45) is 8.58. The highest BCUT2D eigenvalue weighted by atomic mass is 32.2. The van der Waals surface area contributed by atoms with Crippen LogP contribution in [0.25, 0.3) is 0 Å². The fourth-order valence-corrected chi connectivity index (χ4v) is 1.85. The third kappa shape index (κ3) is 1.94. The maximum absolute atomic E-state index is 10.8. The Labute approximate surface area is 58.6 Å². The van der Waals surface area contributed by atoms with Gasteiger partial charge in [0.1, 0.15) is 0 Å². The van der Waals surface area contributed by atoms with Crippen LogP contribution in [0.1, 0.15) is 25.7 Å². The van der Waals surface area contributed by atoms with Gasteiger partial charge >= 0.3 is 0 Å². The molecule has 1 nitrogen and oxygen atoms in total. The van der Waals surface area contributed by atoms with Gasteiger partial charge in [-0.3, -0.25) is 4.21 Å². The van der Waals surface area contributed by atoms with Crippen molar-refractivity contribution in [2.45, 2.75) is 25.7 Å². The summed E-state index contributed by atoms with van der Waals surface area (Å²) >= 11 is 0. The summed E-state index contributed by atoms with van der Waals surface area (Å²) in [5.74, 6) is 0. The Hall–Kier alpha value is -0.110. The molecule has 52 valence electrons. The second-order valence-electron chi connectivity index (χ2n) is 2.37. The van der Waals surface area contributed by atoms with Crippen LogP contribution >= 0.6 is 0 Å². The van der Waals surface area contributed by atoms with Gasteiger partial charge in [0.2, 0.25) is 0 Å². The third-order valence-electron chi connectivity index (χ3n) is 1.62. The minimum Gasteiger partial charge on any atom is -0.255 e. The molecule has 0 aromatic heterocycles. The predicted molar refractivity (Wildman–Crippen MR) is 40.6 cm³/mol. The van der Waals surface area contributed by atoms with E-state index in [0.29, 0.717) is 0 Å². The molecular weight excluding hydrogens is 132 g/mol. The van der Waals surface area contributed by atoms with Gasteiger partial charge in [0.25, 0.3) is 0 Å². The Morgan fingerprint density at radius 2 is 2.33 bits per heavy atom. The molecule has 2 heteroatoms. The third-order valence-corrected chi connectivity index (χ3v) is 2.73. The summed E-state index contributed by atoms with van der Waals surface area (Å²) in [6.45, 7) is 0. The van der Waals surface area contributed by atoms with E-state index < -0.39 is 10.8 Å². The van der Waals surface area contributed by atoms with Gasteiger partial charge in [0, 0.05) is 22.0 Å². The zero-order valence-corrected chi connectivity index (χ0v) is 6.54. The van der Waals surface area contributed by atoms with Crippen LogP contribution in [0.5, 0.6) is 0 Å². The van der Waals surface area contributed by atoms with Crippen LogP contribution in [0.4, 0.5) is 0 Å². The van der Waals surface area contributed by atoms with Crippen molar-refractivity contribution in [3.05, 3.63) is 11.0 Å². The highest BCUT2D eigenvalue weighted by molar-refractivity contribution is 7.88. The van der Waals surface area contributed by atoms with Crippen molar-refractivity contribution >= 4 is 10.8 Å². The molecule has 0 aromatic rings. The van der Waals surface area contributed by atoms with Crippen LogP contribution in [0.2, 0.25) is 0 Å². The van der Waals surface area contributed by atoms with Gasteiger partial charge in [-0.05, 0) is 25.7 Å². The molecule has 0 aliphatic heterocycles. The molecule has 0 radical (unpaired) electrons. The summed E-state index contributed by atoms with van der Waals surface area (Å²) < 4.78 is 10.8. The van der Waals surface area contributed by atoms with E-state index in [1.165, 1.54) is 12.8 Å². The lowest BCUT2D eigenvalue weighted by Gasteiger charge is -2.08. The predicted octanol–water partition coefficient (Wildman–Crippen LogP) is 1.82. The van der Waals surface area contributed by atoms with Crippen LogP contribution in [0.15, 0.2) is 11.0 Å². The van der Waals surface area contributed by atoms with Crippen molar-refractivity contribution < 1.29 is 4.21 Å². The number of hydrogen-bond acceptors (Lipinski definition) is 1. The van der Waals surface area contributed by atoms with Gasteiger partial charge in [-0.1, -0.05) is 6.08 Å². The van der Waals surface area contributed by atoms with Gasteiger partial charge < -0.3 is 0 Å². The first-order valence-electron chi connectivity index (χ1n) is 3.33. The molecule has 0 spiro atoms. The zero-order valence-electron chi connectivity index (χ0n) is 5.72. The number of allylic oxidation sites excluding steroid dienone is 2. The molecule has 1 aliphatic rings. The summed E-state index contributed by atoms with van der Waals surface area (Å²) in [4.78, 5) is 1.15. The highest BCUT2D eigenvalue weighted by Gasteiger charge is 2.05. The average molecular weight is 144 g/mol. The Morgan fingerprint density at radius 1 is 1.56 bits per heavy atom. The molecule has 0 fully saturated rings. The zero-order chi connectivity index (χ0) is 6.69. The van der Waals surface area contributed by atoms with E-state index in [4.69, 9.17) is 0 Å². The summed E-state index contributed by atoms with van der Waals surface area (Å²) in [7, 11) is -0.691. The lowest BCUT2D eigenvalue weighted by atomic mass is 10.1. The first-order chi connectivity index (χ1) is 4.30. The lowest BCUT2D eigenvalue weighted by molar-refractivity contribution is 0.678. The number of hydrogen-bond donors (Lipinski definition) is 0. The van der Waals surface area contributed by atoms with Gasteiger partial charge in [0.05, 0.1) is 0 Å². The van der Waals surface area contributed by atoms with Crippen molar-refractivity contribution in [3.63, 3.8) is 0 Å². The minimum absolute atomic E-state index is 0.691. The van der Waals surface area contributed by atoms with Gasteiger partial charge in [-0.2, -0.15) is 0 Å². The van der Waals surface area contributed by atoms with Crippen LogP contribution in [-0.2, 0) is 10.8 Å². The molecule has 0 amide bonds. The largest absolute Gasteiger partial charge is 0.255 e. The molecule has 0 aromatic carbocycles. The molecular formula is C7H12OS. The van der Waals surface area contributed by atoms with Crippen molar-refractivity contribution in [1.29, 1.82) is 0 Å². The molecule has 1 rings (SSSR count). The SMILES string of the molecule is CS(=O)C1=CCCCC1. The maximum Gasteiger partial charge on any atom is 0.0453 e. The normalized spacial score (nSPS) is 23.0. The van der Waals surface area contributed by atoms with Crippen LogP contribution in [0.3, 0.4) is 0 Å². The molecule has 9 heavy (non-hydrogen) atoms. The first kappa shape index (κ1) is 7.00. The fourth-order valence-electron chi connectivity index (χ4n) is 1.07. The molecule has 0 bridgehead atoms. The summed E-state index contributed by atoms with van der Waals surface area (Å²) in [5.41, 5.74) is 0. The van der Waals surface area contributed by atoms with E-state index in [2.05, 4.69) is 6.08 Å². The highest BCUT2D eigenvalue weighted by Crippen LogP contribution is 2.18. The van der Waals surface area contributed by atoms with E-state index in [1.54, 1.807) is 6.26 Å². The molecule has 0 saturated heterocycles. The standard InChI is InChI=1S/C7H12OS/c1-9(8)7-5-3-2-4-6-7/h5H,2-4,6H2,1H3. The van der Waals surface area contributed by atoms with E-state index in [9.17, 15) is 4.21 Å². The smallest absolute Gasteiger partial charge is 0.0453 e. The Bertz CT molecular complexity index is 149. The monoisotopic (exact) mass is 144 g/mol. The molecule has 1 atom stereocenters. The second-order valence-corrected chi connectivity index (χ2v) is 3.80.